The number of allylic oxidation sites excluding steroid dienone is 2. The van der Waals surface area contributed by atoms with Gasteiger partial charge in [0.25, 0.3) is 0 Å². The number of fused-ring (bicyclic) bond motifs is 1. The molecule has 3 heterocycles. The van der Waals surface area contributed by atoms with Crippen LogP contribution in [0.25, 0.3) is 16.8 Å². The Balaban J connectivity index is 1.72. The molecule has 0 amide bonds. The molecule has 1 unspecified atom stereocenters. The summed E-state index contributed by atoms with van der Waals surface area (Å²) >= 11 is 0. The van der Waals surface area contributed by atoms with E-state index in [1.165, 1.54) is 6.07 Å². The summed E-state index contributed by atoms with van der Waals surface area (Å²) in [7, 11) is 0. The van der Waals surface area contributed by atoms with Gasteiger partial charge in [-0.05, 0) is 48.4 Å². The van der Waals surface area contributed by atoms with Crippen LogP contribution in [0.3, 0.4) is 0 Å². The molecule has 0 bridgehead atoms. The number of carboxylic acid groups (broad SMARTS) is 1. The van der Waals surface area contributed by atoms with Crippen LogP contribution in [0.1, 0.15) is 11.1 Å². The smallest absolute Gasteiger partial charge is 0.371 e. The van der Waals surface area contributed by atoms with Crippen molar-refractivity contribution in [3.8, 4) is 11.3 Å². The van der Waals surface area contributed by atoms with Gasteiger partial charge in [-0.15, -0.1) is 0 Å². The maximum Gasteiger partial charge on any atom is 0.371 e. The molecule has 6 heteroatoms. The van der Waals surface area contributed by atoms with Crippen LogP contribution in [0.4, 0.5) is 4.39 Å². The first-order chi connectivity index (χ1) is 12.5. The SMILES string of the molecule is Cc1cc(-c2ncccc2C2=CC3CN=C(C(=O)O)N3C=C2)ccc1F. The molecule has 4 rings (SSSR count). The van der Waals surface area contributed by atoms with E-state index in [0.717, 1.165) is 22.4 Å². The Morgan fingerprint density at radius 2 is 2.19 bits per heavy atom. The number of aliphatic imine (C=N–C) groups is 1. The molecule has 0 saturated heterocycles. The molecule has 1 atom stereocenters. The number of aryl methyl sites for hydroxylation is 1. The highest BCUT2D eigenvalue weighted by Gasteiger charge is 2.31. The number of aliphatic carboxylic acids is 1. The Labute approximate surface area is 149 Å². The van der Waals surface area contributed by atoms with Crippen molar-refractivity contribution in [2.24, 2.45) is 4.99 Å². The number of benzene rings is 1. The van der Waals surface area contributed by atoms with Crippen molar-refractivity contribution in [3.63, 3.8) is 0 Å². The van der Waals surface area contributed by atoms with E-state index in [4.69, 9.17) is 0 Å². The van der Waals surface area contributed by atoms with E-state index in [1.54, 1.807) is 36.4 Å². The largest absolute Gasteiger partial charge is 0.475 e. The minimum Gasteiger partial charge on any atom is -0.475 e. The van der Waals surface area contributed by atoms with Gasteiger partial charge in [0, 0.05) is 23.5 Å². The quantitative estimate of drug-likeness (QED) is 0.924. The Bertz CT molecular complexity index is 994. The van der Waals surface area contributed by atoms with Gasteiger partial charge in [-0.1, -0.05) is 12.1 Å². The number of rotatable bonds is 3. The van der Waals surface area contributed by atoms with Gasteiger partial charge in [0.1, 0.15) is 5.82 Å². The van der Waals surface area contributed by atoms with Gasteiger partial charge in [0.15, 0.2) is 0 Å². The summed E-state index contributed by atoms with van der Waals surface area (Å²) in [5.74, 6) is -1.22. The summed E-state index contributed by atoms with van der Waals surface area (Å²) in [5.41, 5.74) is 4.02. The van der Waals surface area contributed by atoms with Gasteiger partial charge >= 0.3 is 5.97 Å². The molecular weight excluding hydrogens is 333 g/mol. The number of hydrogen-bond donors (Lipinski definition) is 1. The monoisotopic (exact) mass is 349 g/mol. The topological polar surface area (TPSA) is 65.8 Å². The summed E-state index contributed by atoms with van der Waals surface area (Å²) in [6, 6.07) is 8.63. The molecule has 2 aromatic rings. The van der Waals surface area contributed by atoms with E-state index in [2.05, 4.69) is 9.98 Å². The first kappa shape index (κ1) is 16.2. The Morgan fingerprint density at radius 3 is 2.96 bits per heavy atom. The number of pyridine rings is 1. The Hall–Kier alpha value is -3.28. The molecule has 2 aliphatic heterocycles. The molecule has 5 nitrogen and oxygen atoms in total. The van der Waals surface area contributed by atoms with Crippen LogP contribution in [-0.2, 0) is 4.79 Å². The lowest BCUT2D eigenvalue weighted by Gasteiger charge is -2.25. The maximum absolute atomic E-state index is 13.6. The first-order valence-electron chi connectivity index (χ1n) is 8.22. The summed E-state index contributed by atoms with van der Waals surface area (Å²) in [6.45, 7) is 2.13. The summed E-state index contributed by atoms with van der Waals surface area (Å²) in [6.07, 6.45) is 7.30. The van der Waals surface area contributed by atoms with Gasteiger partial charge in [0.05, 0.1) is 18.3 Å². The molecule has 130 valence electrons. The van der Waals surface area contributed by atoms with Gasteiger partial charge in [-0.3, -0.25) is 9.98 Å². The average molecular weight is 349 g/mol. The van der Waals surface area contributed by atoms with E-state index in [-0.39, 0.29) is 17.7 Å². The second-order valence-electron chi connectivity index (χ2n) is 6.25. The lowest BCUT2D eigenvalue weighted by molar-refractivity contribution is -0.130. The third kappa shape index (κ3) is 2.69. The fourth-order valence-corrected chi connectivity index (χ4v) is 3.26. The maximum atomic E-state index is 13.6. The van der Waals surface area contributed by atoms with Crippen molar-refractivity contribution in [1.82, 2.24) is 9.88 Å². The van der Waals surface area contributed by atoms with E-state index < -0.39 is 5.97 Å². The zero-order valence-corrected chi connectivity index (χ0v) is 14.1. The zero-order valence-electron chi connectivity index (χ0n) is 14.1. The minimum atomic E-state index is -1.03. The number of carbonyl (C=O) groups is 1. The van der Waals surface area contributed by atoms with Crippen molar-refractivity contribution in [2.45, 2.75) is 13.0 Å². The number of nitrogens with zero attached hydrogens (tertiary/aromatic N) is 3. The molecule has 1 aromatic heterocycles. The highest BCUT2D eigenvalue weighted by molar-refractivity contribution is 6.35. The van der Waals surface area contributed by atoms with Crippen molar-refractivity contribution < 1.29 is 14.3 Å². The minimum absolute atomic E-state index is 0.0575. The molecule has 26 heavy (non-hydrogen) atoms. The van der Waals surface area contributed by atoms with Crippen LogP contribution in [0.5, 0.6) is 0 Å². The van der Waals surface area contributed by atoms with Crippen molar-refractivity contribution >= 4 is 17.4 Å². The molecule has 0 fully saturated rings. The van der Waals surface area contributed by atoms with Crippen LogP contribution in [0.2, 0.25) is 0 Å². The Kier molecular flexibility index (Phi) is 3.88. The third-order valence-electron chi connectivity index (χ3n) is 4.56. The van der Waals surface area contributed by atoms with E-state index in [0.29, 0.717) is 12.1 Å². The Morgan fingerprint density at radius 1 is 1.35 bits per heavy atom. The first-order valence-corrected chi connectivity index (χ1v) is 8.22. The normalized spacial score (nSPS) is 18.4. The standard InChI is InChI=1S/C20H16FN3O2/c1-12-9-14(4-5-17(12)21)18-16(3-2-7-22-18)13-6-8-24-15(10-13)11-23-19(24)20(25)26/h2-10,15H,11H2,1H3,(H,25,26). The van der Waals surface area contributed by atoms with Gasteiger partial charge in [0.2, 0.25) is 5.84 Å². The second kappa shape index (κ2) is 6.22. The molecule has 0 spiro atoms. The number of carboxylic acids is 1. The van der Waals surface area contributed by atoms with Crippen LogP contribution in [0, 0.1) is 12.7 Å². The molecule has 2 aliphatic rings. The van der Waals surface area contributed by atoms with E-state index in [1.807, 2.05) is 24.3 Å². The lowest BCUT2D eigenvalue weighted by atomic mass is 9.95. The van der Waals surface area contributed by atoms with Gasteiger partial charge in [-0.2, -0.15) is 0 Å². The highest BCUT2D eigenvalue weighted by atomic mass is 19.1. The predicted octanol–water partition coefficient (Wildman–Crippen LogP) is 3.27. The average Bonchev–Trinajstić information content (AvgIpc) is 3.07. The van der Waals surface area contributed by atoms with E-state index >= 15 is 0 Å². The second-order valence-corrected chi connectivity index (χ2v) is 6.25. The summed E-state index contributed by atoms with van der Waals surface area (Å²) < 4.78 is 13.6. The zero-order chi connectivity index (χ0) is 18.3. The molecule has 0 saturated carbocycles. The summed E-state index contributed by atoms with van der Waals surface area (Å²) in [5, 5.41) is 9.21. The molecule has 0 radical (unpaired) electrons. The fourth-order valence-electron chi connectivity index (χ4n) is 3.26. The fraction of sp³-hybridized carbons (Fsp3) is 0.150. The summed E-state index contributed by atoms with van der Waals surface area (Å²) in [4.78, 5) is 21.5. The molecule has 1 N–H and O–H groups in total. The van der Waals surface area contributed by atoms with Crippen molar-refractivity contribution in [3.05, 3.63) is 71.8 Å². The third-order valence-corrected chi connectivity index (χ3v) is 4.56. The number of amidine groups is 1. The van der Waals surface area contributed by atoms with Gasteiger partial charge in [-0.25, -0.2) is 9.18 Å². The van der Waals surface area contributed by atoms with Crippen molar-refractivity contribution in [1.29, 1.82) is 0 Å². The molecular formula is C20H16FN3O2. The van der Waals surface area contributed by atoms with Crippen LogP contribution in [-0.4, -0.2) is 39.4 Å². The molecule has 0 aliphatic carbocycles. The molecule has 1 aromatic carbocycles. The number of halogens is 1. The van der Waals surface area contributed by atoms with Crippen LogP contribution in [0.15, 0.2) is 59.9 Å². The lowest BCUT2D eigenvalue weighted by Crippen LogP contribution is -2.36. The highest BCUT2D eigenvalue weighted by Crippen LogP contribution is 2.32. The number of aromatic nitrogens is 1. The van der Waals surface area contributed by atoms with Crippen molar-refractivity contribution in [2.75, 3.05) is 6.54 Å². The van der Waals surface area contributed by atoms with Crippen LogP contribution >= 0.6 is 0 Å². The predicted molar refractivity (Wildman–Crippen MR) is 97.0 cm³/mol. The van der Waals surface area contributed by atoms with Gasteiger partial charge < -0.3 is 10.0 Å². The number of hydrogen-bond acceptors (Lipinski definition) is 4. The van der Waals surface area contributed by atoms with Crippen LogP contribution < -0.4 is 0 Å². The van der Waals surface area contributed by atoms with E-state index in [9.17, 15) is 14.3 Å².